The normalized spacial score (nSPS) is 28.7. The highest BCUT2D eigenvalue weighted by molar-refractivity contribution is 5.85. The summed E-state index contributed by atoms with van der Waals surface area (Å²) in [6.45, 7) is 1.62. The lowest BCUT2D eigenvalue weighted by atomic mass is 9.84. The van der Waals surface area contributed by atoms with Gasteiger partial charge in [-0.05, 0) is 44.4 Å². The van der Waals surface area contributed by atoms with Gasteiger partial charge in [0.15, 0.2) is 0 Å². The molecule has 0 aromatic rings. The second-order valence-corrected chi connectivity index (χ2v) is 5.84. The highest BCUT2D eigenvalue weighted by Crippen LogP contribution is 2.27. The summed E-state index contributed by atoms with van der Waals surface area (Å²) in [5.74, 6) is 0.742. The Hall–Kier alpha value is -1.10. The zero-order valence-electron chi connectivity index (χ0n) is 11.6. The minimum absolute atomic E-state index is 0.0329. The van der Waals surface area contributed by atoms with Gasteiger partial charge in [-0.2, -0.15) is 0 Å². The summed E-state index contributed by atoms with van der Waals surface area (Å²) >= 11 is 0. The van der Waals surface area contributed by atoms with E-state index < -0.39 is 0 Å². The van der Waals surface area contributed by atoms with Gasteiger partial charge in [0, 0.05) is 25.6 Å². The third-order valence-corrected chi connectivity index (χ3v) is 4.27. The Morgan fingerprint density at radius 2 is 2.05 bits per heavy atom. The first kappa shape index (κ1) is 14.3. The van der Waals surface area contributed by atoms with E-state index in [2.05, 4.69) is 5.32 Å². The second-order valence-electron chi connectivity index (χ2n) is 5.84. The van der Waals surface area contributed by atoms with E-state index in [0.29, 0.717) is 31.5 Å². The molecule has 5 heteroatoms. The van der Waals surface area contributed by atoms with Crippen molar-refractivity contribution in [3.8, 4) is 0 Å². The standard InChI is InChI=1S/C14H25N3O2/c15-12-5-2-11(3-6-12)4-7-14(19)17-9-1-8-16-13(18)10-17/h11-12H,1-10,15H2,(H,16,18). The summed E-state index contributed by atoms with van der Waals surface area (Å²) in [6.07, 6.45) is 6.85. The van der Waals surface area contributed by atoms with Crippen molar-refractivity contribution in [2.24, 2.45) is 11.7 Å². The smallest absolute Gasteiger partial charge is 0.239 e. The fourth-order valence-electron chi connectivity index (χ4n) is 2.98. The first-order valence-corrected chi connectivity index (χ1v) is 7.45. The molecule has 2 amide bonds. The Morgan fingerprint density at radius 1 is 1.32 bits per heavy atom. The Balaban J connectivity index is 1.72. The fraction of sp³-hybridized carbons (Fsp3) is 0.857. The zero-order chi connectivity index (χ0) is 13.7. The Kier molecular flexibility index (Phi) is 5.19. The summed E-state index contributed by atoms with van der Waals surface area (Å²) in [6, 6.07) is 0.362. The molecule has 0 unspecified atom stereocenters. The highest BCUT2D eigenvalue weighted by Gasteiger charge is 2.22. The molecular weight excluding hydrogens is 242 g/mol. The molecule has 2 aliphatic rings. The number of rotatable bonds is 3. The number of hydrogen-bond donors (Lipinski definition) is 2. The van der Waals surface area contributed by atoms with Crippen molar-refractivity contribution in [2.75, 3.05) is 19.6 Å². The van der Waals surface area contributed by atoms with Crippen molar-refractivity contribution < 1.29 is 9.59 Å². The van der Waals surface area contributed by atoms with E-state index in [4.69, 9.17) is 5.73 Å². The number of nitrogens with two attached hydrogens (primary N) is 1. The lowest BCUT2D eigenvalue weighted by molar-refractivity contribution is -0.135. The quantitative estimate of drug-likeness (QED) is 0.787. The van der Waals surface area contributed by atoms with E-state index in [1.165, 1.54) is 0 Å². The first-order chi connectivity index (χ1) is 9.15. The molecule has 1 saturated carbocycles. The predicted molar refractivity (Wildman–Crippen MR) is 73.4 cm³/mol. The van der Waals surface area contributed by atoms with Gasteiger partial charge >= 0.3 is 0 Å². The maximum atomic E-state index is 12.1. The number of carbonyl (C=O) groups is 2. The van der Waals surface area contributed by atoms with E-state index in [1.807, 2.05) is 0 Å². The van der Waals surface area contributed by atoms with Gasteiger partial charge in [-0.1, -0.05) is 0 Å². The van der Waals surface area contributed by atoms with Crippen LogP contribution in [0.15, 0.2) is 0 Å². The van der Waals surface area contributed by atoms with E-state index >= 15 is 0 Å². The van der Waals surface area contributed by atoms with Gasteiger partial charge in [0.2, 0.25) is 11.8 Å². The van der Waals surface area contributed by atoms with Crippen molar-refractivity contribution in [1.29, 1.82) is 0 Å². The molecule has 2 rings (SSSR count). The van der Waals surface area contributed by atoms with Crippen LogP contribution < -0.4 is 11.1 Å². The average molecular weight is 267 g/mol. The number of nitrogens with zero attached hydrogens (tertiary/aromatic N) is 1. The van der Waals surface area contributed by atoms with Crippen LogP contribution in [0.3, 0.4) is 0 Å². The first-order valence-electron chi connectivity index (χ1n) is 7.45. The van der Waals surface area contributed by atoms with Crippen LogP contribution in [0, 0.1) is 5.92 Å². The minimum atomic E-state index is -0.0329. The Bertz CT molecular complexity index is 325. The fourth-order valence-corrected chi connectivity index (χ4v) is 2.98. The molecule has 0 spiro atoms. The van der Waals surface area contributed by atoms with Gasteiger partial charge < -0.3 is 16.0 Å². The molecule has 1 aliphatic carbocycles. The van der Waals surface area contributed by atoms with Crippen molar-refractivity contribution >= 4 is 11.8 Å². The van der Waals surface area contributed by atoms with Gasteiger partial charge in [0.05, 0.1) is 6.54 Å². The summed E-state index contributed by atoms with van der Waals surface area (Å²) in [5, 5.41) is 2.79. The molecule has 0 aromatic carbocycles. The number of nitrogens with one attached hydrogen (secondary N) is 1. The molecule has 0 radical (unpaired) electrons. The third kappa shape index (κ3) is 4.49. The summed E-state index contributed by atoms with van der Waals surface area (Å²) in [4.78, 5) is 25.3. The maximum absolute atomic E-state index is 12.1. The molecule has 5 nitrogen and oxygen atoms in total. The minimum Gasteiger partial charge on any atom is -0.354 e. The number of carbonyl (C=O) groups excluding carboxylic acids is 2. The molecule has 1 saturated heterocycles. The van der Waals surface area contributed by atoms with Crippen LogP contribution in [0.4, 0.5) is 0 Å². The number of amides is 2. The summed E-state index contributed by atoms with van der Waals surface area (Å²) in [7, 11) is 0. The summed E-state index contributed by atoms with van der Waals surface area (Å²) in [5.41, 5.74) is 5.88. The lowest BCUT2D eigenvalue weighted by Crippen LogP contribution is -2.37. The molecule has 19 heavy (non-hydrogen) atoms. The van der Waals surface area contributed by atoms with E-state index in [0.717, 1.165) is 38.5 Å². The van der Waals surface area contributed by atoms with Crippen LogP contribution in [0.1, 0.15) is 44.9 Å². The monoisotopic (exact) mass is 267 g/mol. The van der Waals surface area contributed by atoms with Crippen LogP contribution >= 0.6 is 0 Å². The highest BCUT2D eigenvalue weighted by atomic mass is 16.2. The zero-order valence-corrected chi connectivity index (χ0v) is 11.6. The van der Waals surface area contributed by atoms with Gasteiger partial charge in [-0.15, -0.1) is 0 Å². The maximum Gasteiger partial charge on any atom is 0.239 e. The molecule has 2 fully saturated rings. The van der Waals surface area contributed by atoms with Crippen molar-refractivity contribution in [3.63, 3.8) is 0 Å². The van der Waals surface area contributed by atoms with Gasteiger partial charge in [-0.3, -0.25) is 9.59 Å². The van der Waals surface area contributed by atoms with Crippen molar-refractivity contribution in [2.45, 2.75) is 51.0 Å². The van der Waals surface area contributed by atoms with Crippen LogP contribution in [-0.4, -0.2) is 42.4 Å². The van der Waals surface area contributed by atoms with Crippen LogP contribution in [-0.2, 0) is 9.59 Å². The molecule has 0 aromatic heterocycles. The van der Waals surface area contributed by atoms with Gasteiger partial charge in [0.25, 0.3) is 0 Å². The van der Waals surface area contributed by atoms with Crippen molar-refractivity contribution in [1.82, 2.24) is 10.2 Å². The Labute approximate surface area is 114 Å². The van der Waals surface area contributed by atoms with E-state index in [1.54, 1.807) is 4.90 Å². The largest absolute Gasteiger partial charge is 0.354 e. The molecule has 0 atom stereocenters. The molecule has 1 aliphatic heterocycles. The molecule has 1 heterocycles. The molecular formula is C14H25N3O2. The topological polar surface area (TPSA) is 75.4 Å². The van der Waals surface area contributed by atoms with E-state index in [-0.39, 0.29) is 18.4 Å². The molecule has 3 N–H and O–H groups in total. The van der Waals surface area contributed by atoms with Gasteiger partial charge in [0.1, 0.15) is 0 Å². The average Bonchev–Trinajstić information content (AvgIpc) is 2.62. The predicted octanol–water partition coefficient (Wildman–Crippen LogP) is 0.633. The summed E-state index contributed by atoms with van der Waals surface area (Å²) < 4.78 is 0. The molecule has 108 valence electrons. The number of hydrogen-bond acceptors (Lipinski definition) is 3. The van der Waals surface area contributed by atoms with E-state index in [9.17, 15) is 9.59 Å². The third-order valence-electron chi connectivity index (χ3n) is 4.27. The van der Waals surface area contributed by atoms with Crippen LogP contribution in [0.5, 0.6) is 0 Å². The Morgan fingerprint density at radius 3 is 2.79 bits per heavy atom. The van der Waals surface area contributed by atoms with Gasteiger partial charge in [-0.25, -0.2) is 0 Å². The second kappa shape index (κ2) is 6.89. The van der Waals surface area contributed by atoms with Crippen LogP contribution in [0.25, 0.3) is 0 Å². The molecule has 0 bridgehead atoms. The van der Waals surface area contributed by atoms with Crippen molar-refractivity contribution in [3.05, 3.63) is 0 Å². The lowest BCUT2D eigenvalue weighted by Gasteiger charge is -2.26. The SMILES string of the molecule is NC1CCC(CCC(=O)N2CCCNC(=O)C2)CC1. The van der Waals surface area contributed by atoms with Crippen LogP contribution in [0.2, 0.25) is 0 Å².